The number of fused-ring (bicyclic) bond motifs is 2. The Morgan fingerprint density at radius 1 is 1.27 bits per heavy atom. The smallest absolute Gasteiger partial charge is 0.280 e. The van der Waals surface area contributed by atoms with E-state index in [0.717, 1.165) is 12.8 Å². The Bertz CT molecular complexity index is 1130. The number of thiophene rings is 1. The third kappa shape index (κ3) is 3.99. The number of hydrogen-bond donors (Lipinski definition) is 0. The van der Waals surface area contributed by atoms with Gasteiger partial charge in [-0.1, -0.05) is 72.6 Å². The summed E-state index contributed by atoms with van der Waals surface area (Å²) in [6.45, 7) is 4.77. The molecule has 6 heteroatoms. The second-order valence-electron chi connectivity index (χ2n) is 8.96. The number of aryl methyl sites for hydroxylation is 1. The van der Waals surface area contributed by atoms with Crippen LogP contribution in [0.3, 0.4) is 0 Å². The van der Waals surface area contributed by atoms with Gasteiger partial charge in [0.05, 0.1) is 15.7 Å². The maximum atomic E-state index is 2.41. The van der Waals surface area contributed by atoms with Crippen LogP contribution in [-0.2, 0) is 7.05 Å². The highest BCUT2D eigenvalue weighted by Crippen LogP contribution is 2.47. The predicted octanol–water partition coefficient (Wildman–Crippen LogP) is 6.95. The lowest BCUT2D eigenvalue weighted by molar-refractivity contribution is -0.640. The largest absolute Gasteiger partial charge is 0.356 e. The van der Waals surface area contributed by atoms with Gasteiger partial charge >= 0.3 is 0 Å². The second kappa shape index (κ2) is 8.05. The first-order chi connectivity index (χ1) is 14.4. The van der Waals surface area contributed by atoms with Crippen molar-refractivity contribution in [1.29, 1.82) is 0 Å². The minimum absolute atomic E-state index is 0.290. The van der Waals surface area contributed by atoms with Gasteiger partial charge in [0.2, 0.25) is 0 Å². The van der Waals surface area contributed by atoms with Crippen LogP contribution in [0.4, 0.5) is 0 Å². The molecule has 2 atom stereocenters. The molecular formula is C24H27N2S4+. The van der Waals surface area contributed by atoms with Crippen molar-refractivity contribution in [3.05, 3.63) is 68.4 Å². The molecule has 0 bridgehead atoms. The molecule has 4 heterocycles. The topological polar surface area (TPSA) is 7.12 Å². The Kier molecular flexibility index (Phi) is 5.55. The SMILES string of the molecule is CN1/C(=C/C=C/C2=CC(=C/c3sc4ccsc4[n+]3C)/CC(C)(C)C2)SC2C=CSC21. The van der Waals surface area contributed by atoms with Crippen molar-refractivity contribution in [1.82, 2.24) is 4.90 Å². The highest BCUT2D eigenvalue weighted by atomic mass is 32.2. The van der Waals surface area contributed by atoms with Crippen molar-refractivity contribution in [3.8, 4) is 0 Å². The van der Waals surface area contributed by atoms with Crippen molar-refractivity contribution in [2.75, 3.05) is 7.05 Å². The van der Waals surface area contributed by atoms with Crippen molar-refractivity contribution in [2.24, 2.45) is 12.5 Å². The number of nitrogens with zero attached hydrogens (tertiary/aromatic N) is 2. The van der Waals surface area contributed by atoms with Gasteiger partial charge in [-0.2, -0.15) is 4.57 Å². The Labute approximate surface area is 195 Å². The Hall–Kier alpha value is -1.21. The molecule has 0 N–H and O–H groups in total. The van der Waals surface area contributed by atoms with E-state index >= 15 is 0 Å². The summed E-state index contributed by atoms with van der Waals surface area (Å²) in [5.74, 6) is 0. The Morgan fingerprint density at radius 2 is 2.13 bits per heavy atom. The van der Waals surface area contributed by atoms with Crippen molar-refractivity contribution in [3.63, 3.8) is 0 Å². The van der Waals surface area contributed by atoms with Crippen LogP contribution in [0.2, 0.25) is 0 Å². The molecule has 0 amide bonds. The number of aromatic nitrogens is 1. The van der Waals surface area contributed by atoms with Gasteiger partial charge in [0, 0.05) is 13.1 Å². The van der Waals surface area contributed by atoms with Crippen LogP contribution in [0, 0.1) is 5.41 Å². The van der Waals surface area contributed by atoms with Crippen molar-refractivity contribution in [2.45, 2.75) is 37.3 Å². The monoisotopic (exact) mass is 471 g/mol. The predicted molar refractivity (Wildman–Crippen MR) is 137 cm³/mol. The van der Waals surface area contributed by atoms with Gasteiger partial charge in [-0.3, -0.25) is 0 Å². The maximum absolute atomic E-state index is 2.41. The first-order valence-electron chi connectivity index (χ1n) is 10.3. The van der Waals surface area contributed by atoms with Gasteiger partial charge < -0.3 is 4.90 Å². The molecule has 3 aliphatic rings. The molecule has 5 rings (SSSR count). The van der Waals surface area contributed by atoms with Crippen LogP contribution >= 0.6 is 46.2 Å². The molecular weight excluding hydrogens is 445 g/mol. The lowest BCUT2D eigenvalue weighted by Crippen LogP contribution is -2.28. The van der Waals surface area contributed by atoms with E-state index in [1.165, 1.54) is 30.7 Å². The maximum Gasteiger partial charge on any atom is 0.280 e. The molecule has 2 aromatic heterocycles. The zero-order chi connectivity index (χ0) is 20.9. The molecule has 2 aromatic rings. The molecule has 0 spiro atoms. The quantitative estimate of drug-likeness (QED) is 0.448. The molecule has 1 fully saturated rings. The summed E-state index contributed by atoms with van der Waals surface area (Å²) < 4.78 is 3.72. The number of thiazole rings is 1. The van der Waals surface area contributed by atoms with Crippen LogP contribution in [0.5, 0.6) is 0 Å². The van der Waals surface area contributed by atoms with Gasteiger partial charge in [0.1, 0.15) is 11.7 Å². The van der Waals surface area contributed by atoms with E-state index in [0.29, 0.717) is 10.6 Å². The average molecular weight is 472 g/mol. The summed E-state index contributed by atoms with van der Waals surface area (Å²) in [6.07, 6.45) is 16.3. The first kappa shape index (κ1) is 20.7. The second-order valence-corrected chi connectivity index (χ2v) is 13.1. The molecule has 0 radical (unpaired) electrons. The van der Waals surface area contributed by atoms with Gasteiger partial charge in [0.25, 0.3) is 9.84 Å². The van der Waals surface area contributed by atoms with E-state index < -0.39 is 0 Å². The molecule has 1 saturated heterocycles. The third-order valence-corrected chi connectivity index (χ3v) is 10.8. The van der Waals surface area contributed by atoms with E-state index in [2.05, 4.69) is 90.7 Å². The van der Waals surface area contributed by atoms with Crippen LogP contribution in [0.1, 0.15) is 31.7 Å². The molecule has 0 saturated carbocycles. The fourth-order valence-electron chi connectivity index (χ4n) is 4.43. The van der Waals surface area contributed by atoms with Crippen molar-refractivity contribution < 1.29 is 4.57 Å². The summed E-state index contributed by atoms with van der Waals surface area (Å²) in [5.41, 5.74) is 3.15. The lowest BCUT2D eigenvalue weighted by atomic mass is 9.75. The van der Waals surface area contributed by atoms with Gasteiger partial charge in [-0.05, 0) is 52.3 Å². The lowest BCUT2D eigenvalue weighted by Gasteiger charge is -2.30. The van der Waals surface area contributed by atoms with Gasteiger partial charge in [-0.15, -0.1) is 11.8 Å². The molecule has 2 aliphatic heterocycles. The van der Waals surface area contributed by atoms with Gasteiger partial charge in [0.15, 0.2) is 0 Å². The minimum atomic E-state index is 0.290. The molecule has 156 valence electrons. The average Bonchev–Trinajstić information content (AvgIpc) is 3.42. The van der Waals surface area contributed by atoms with E-state index in [9.17, 15) is 0 Å². The number of rotatable bonds is 3. The van der Waals surface area contributed by atoms with Crippen LogP contribution in [-0.4, -0.2) is 22.6 Å². The van der Waals surface area contributed by atoms with E-state index in [1.807, 2.05) is 46.2 Å². The molecule has 1 aliphatic carbocycles. The van der Waals surface area contributed by atoms with Crippen LogP contribution in [0.25, 0.3) is 15.6 Å². The van der Waals surface area contributed by atoms with Crippen molar-refractivity contribution >= 4 is 61.8 Å². The van der Waals surface area contributed by atoms with Crippen LogP contribution in [0.15, 0.2) is 63.4 Å². The number of allylic oxidation sites excluding steroid dienone is 6. The zero-order valence-electron chi connectivity index (χ0n) is 17.8. The first-order valence-corrected chi connectivity index (χ1v) is 13.8. The summed E-state index contributed by atoms with van der Waals surface area (Å²) in [4.78, 5) is 3.78. The minimum Gasteiger partial charge on any atom is -0.356 e. The fraction of sp³-hybridized carbons (Fsp3) is 0.375. The summed E-state index contributed by atoms with van der Waals surface area (Å²) in [6, 6.07) is 2.23. The third-order valence-electron chi connectivity index (χ3n) is 5.81. The Balaban J connectivity index is 1.39. The molecule has 0 aromatic carbocycles. The summed E-state index contributed by atoms with van der Waals surface area (Å²) >= 11 is 7.63. The molecule has 2 nitrogen and oxygen atoms in total. The molecule has 2 unspecified atom stereocenters. The highest BCUT2D eigenvalue weighted by Gasteiger charge is 2.36. The summed E-state index contributed by atoms with van der Waals surface area (Å²) in [5, 5.41) is 8.30. The molecule has 30 heavy (non-hydrogen) atoms. The van der Waals surface area contributed by atoms with Crippen LogP contribution < -0.4 is 4.57 Å². The Morgan fingerprint density at radius 3 is 2.93 bits per heavy atom. The highest BCUT2D eigenvalue weighted by molar-refractivity contribution is 8.08. The van der Waals surface area contributed by atoms with E-state index in [1.54, 1.807) is 0 Å². The summed E-state index contributed by atoms with van der Waals surface area (Å²) in [7, 11) is 4.40. The fourth-order valence-corrected chi connectivity index (χ4v) is 9.30. The van der Waals surface area contributed by atoms with E-state index in [4.69, 9.17) is 0 Å². The number of hydrogen-bond acceptors (Lipinski definition) is 5. The normalized spacial score (nSPS) is 28.4. The number of thioether (sulfide) groups is 2. The van der Waals surface area contributed by atoms with Gasteiger partial charge in [-0.25, -0.2) is 0 Å². The zero-order valence-corrected chi connectivity index (χ0v) is 21.1. The van der Waals surface area contributed by atoms with E-state index in [-0.39, 0.29) is 5.41 Å². The standard InChI is InChI=1S/C24H27N2S4/c1-24(2)14-16(6-5-7-20-25(3)22-18(29-20)8-10-27-22)12-17(15-24)13-21-26(4)23-19(30-21)9-11-28-23/h5-13,18,22H,14-15H2,1-4H3/q+1.